The van der Waals surface area contributed by atoms with E-state index in [0.29, 0.717) is 13.2 Å². The Bertz CT molecular complexity index is 641. The number of ether oxygens (including phenoxy) is 1. The van der Waals surface area contributed by atoms with Crippen LogP contribution in [0, 0.1) is 0 Å². The lowest BCUT2D eigenvalue weighted by Gasteiger charge is -2.14. The van der Waals surface area contributed by atoms with Crippen molar-refractivity contribution in [2.24, 2.45) is 0 Å². The molecule has 0 aromatic heterocycles. The van der Waals surface area contributed by atoms with Crippen molar-refractivity contribution in [2.45, 2.75) is 18.4 Å². The number of carbonyl (C=O) groups is 1. The van der Waals surface area contributed by atoms with Crippen LogP contribution in [0.5, 0.6) is 5.75 Å². The minimum atomic E-state index is 0.0115. The Balaban J connectivity index is 1.82. The van der Waals surface area contributed by atoms with Crippen LogP contribution in [-0.4, -0.2) is 32.4 Å². The fraction of sp³-hybridized carbons (Fsp3) is 0.316. The third-order valence-electron chi connectivity index (χ3n) is 3.58. The van der Waals surface area contributed by atoms with Gasteiger partial charge >= 0.3 is 0 Å². The summed E-state index contributed by atoms with van der Waals surface area (Å²) in [5.74, 6) is 0.823. The average Bonchev–Trinajstić information content (AvgIpc) is 2.57. The SMILES string of the molecule is CCOc1ccc(NC(=O)C[NH+](C)Cc2ccc(SC)cc2)cc1. The quantitative estimate of drug-likeness (QED) is 0.722. The molecule has 0 spiro atoms. The molecule has 128 valence electrons. The van der Waals surface area contributed by atoms with E-state index >= 15 is 0 Å². The molecule has 0 saturated heterocycles. The largest absolute Gasteiger partial charge is 0.494 e. The number of likely N-dealkylation sites (N-methyl/N-ethyl adjacent to an activating group) is 1. The molecule has 24 heavy (non-hydrogen) atoms. The molecule has 5 heteroatoms. The maximum absolute atomic E-state index is 12.2. The number of hydrogen-bond donors (Lipinski definition) is 2. The second kappa shape index (κ2) is 9.35. The van der Waals surface area contributed by atoms with Crippen LogP contribution in [0.25, 0.3) is 0 Å². The van der Waals surface area contributed by atoms with Crippen LogP contribution in [0.3, 0.4) is 0 Å². The lowest BCUT2D eigenvalue weighted by molar-refractivity contribution is -0.885. The Labute approximate surface area is 148 Å². The summed E-state index contributed by atoms with van der Waals surface area (Å²) >= 11 is 1.73. The van der Waals surface area contributed by atoms with E-state index in [1.54, 1.807) is 11.8 Å². The first-order chi connectivity index (χ1) is 11.6. The van der Waals surface area contributed by atoms with Gasteiger partial charge in [-0.2, -0.15) is 0 Å². The molecule has 2 aromatic rings. The second-order valence-electron chi connectivity index (χ2n) is 5.66. The van der Waals surface area contributed by atoms with Gasteiger partial charge in [0, 0.05) is 16.1 Å². The van der Waals surface area contributed by atoms with Crippen LogP contribution in [0.4, 0.5) is 5.69 Å². The third kappa shape index (κ3) is 5.91. The van der Waals surface area contributed by atoms with E-state index in [1.807, 2.05) is 38.2 Å². The van der Waals surface area contributed by atoms with Crippen LogP contribution in [0.2, 0.25) is 0 Å². The van der Waals surface area contributed by atoms with E-state index in [2.05, 4.69) is 35.8 Å². The summed E-state index contributed by atoms with van der Waals surface area (Å²) in [7, 11) is 2.03. The Kier molecular flexibility index (Phi) is 7.15. The average molecular weight is 345 g/mol. The van der Waals surface area contributed by atoms with Crippen molar-refractivity contribution in [2.75, 3.05) is 31.8 Å². The maximum Gasteiger partial charge on any atom is 0.279 e. The summed E-state index contributed by atoms with van der Waals surface area (Å²) in [6.07, 6.45) is 2.07. The Morgan fingerprint density at radius 3 is 2.38 bits per heavy atom. The van der Waals surface area contributed by atoms with Crippen molar-refractivity contribution in [3.8, 4) is 5.75 Å². The zero-order valence-electron chi connectivity index (χ0n) is 14.5. The molecule has 2 N–H and O–H groups in total. The first-order valence-electron chi connectivity index (χ1n) is 8.07. The zero-order valence-corrected chi connectivity index (χ0v) is 15.3. The summed E-state index contributed by atoms with van der Waals surface area (Å²) in [5.41, 5.74) is 2.03. The molecular weight excluding hydrogens is 320 g/mol. The molecule has 0 bridgehead atoms. The molecule has 2 rings (SSSR count). The molecule has 0 radical (unpaired) electrons. The van der Waals surface area contributed by atoms with Gasteiger partial charge in [-0.25, -0.2) is 0 Å². The van der Waals surface area contributed by atoms with Crippen LogP contribution in [0.15, 0.2) is 53.4 Å². The summed E-state index contributed by atoms with van der Waals surface area (Å²) in [5, 5.41) is 2.93. The molecule has 0 aliphatic rings. The van der Waals surface area contributed by atoms with Gasteiger partial charge < -0.3 is 15.0 Å². The molecule has 1 atom stereocenters. The molecule has 0 fully saturated rings. The van der Waals surface area contributed by atoms with Crippen LogP contribution >= 0.6 is 11.8 Å². The number of hydrogen-bond acceptors (Lipinski definition) is 3. The monoisotopic (exact) mass is 345 g/mol. The molecule has 1 unspecified atom stereocenters. The minimum Gasteiger partial charge on any atom is -0.494 e. The number of thioether (sulfide) groups is 1. The number of rotatable bonds is 8. The molecule has 2 aromatic carbocycles. The molecular formula is C19H25N2O2S+. The van der Waals surface area contributed by atoms with Crippen LogP contribution in [-0.2, 0) is 11.3 Å². The molecule has 0 aliphatic heterocycles. The van der Waals surface area contributed by atoms with Gasteiger partial charge in [-0.15, -0.1) is 11.8 Å². The summed E-state index contributed by atoms with van der Waals surface area (Å²) < 4.78 is 5.39. The van der Waals surface area contributed by atoms with E-state index in [4.69, 9.17) is 4.74 Å². The Hall–Kier alpha value is -1.98. The predicted molar refractivity (Wildman–Crippen MR) is 99.9 cm³/mol. The topological polar surface area (TPSA) is 42.8 Å². The van der Waals surface area contributed by atoms with Crippen molar-refractivity contribution in [1.82, 2.24) is 0 Å². The highest BCUT2D eigenvalue weighted by Gasteiger charge is 2.11. The number of anilines is 1. The molecule has 0 heterocycles. The van der Waals surface area contributed by atoms with Gasteiger partial charge in [-0.05, 0) is 49.6 Å². The third-order valence-corrected chi connectivity index (χ3v) is 4.32. The highest BCUT2D eigenvalue weighted by atomic mass is 32.2. The number of benzene rings is 2. The van der Waals surface area contributed by atoms with Crippen molar-refractivity contribution in [1.29, 1.82) is 0 Å². The van der Waals surface area contributed by atoms with Crippen molar-refractivity contribution in [3.05, 3.63) is 54.1 Å². The number of nitrogens with one attached hydrogen (secondary N) is 2. The highest BCUT2D eigenvalue weighted by molar-refractivity contribution is 7.98. The van der Waals surface area contributed by atoms with Crippen molar-refractivity contribution in [3.63, 3.8) is 0 Å². The van der Waals surface area contributed by atoms with Crippen molar-refractivity contribution < 1.29 is 14.4 Å². The molecule has 0 aliphatic carbocycles. The summed E-state index contributed by atoms with van der Waals surface area (Å²) in [4.78, 5) is 14.6. The van der Waals surface area contributed by atoms with E-state index in [9.17, 15) is 4.79 Å². The fourth-order valence-electron chi connectivity index (χ4n) is 2.43. The van der Waals surface area contributed by atoms with Gasteiger partial charge in [-0.3, -0.25) is 4.79 Å². The van der Waals surface area contributed by atoms with E-state index in [0.717, 1.165) is 22.9 Å². The lowest BCUT2D eigenvalue weighted by Crippen LogP contribution is -3.08. The van der Waals surface area contributed by atoms with Gasteiger partial charge in [0.15, 0.2) is 6.54 Å². The molecule has 0 saturated carbocycles. The maximum atomic E-state index is 12.2. The molecule has 1 amide bonds. The first-order valence-corrected chi connectivity index (χ1v) is 9.30. The second-order valence-corrected chi connectivity index (χ2v) is 6.54. The Morgan fingerprint density at radius 2 is 1.79 bits per heavy atom. The Morgan fingerprint density at radius 1 is 1.12 bits per heavy atom. The lowest BCUT2D eigenvalue weighted by atomic mass is 10.2. The summed E-state index contributed by atoms with van der Waals surface area (Å²) in [6, 6.07) is 15.9. The van der Waals surface area contributed by atoms with E-state index < -0.39 is 0 Å². The van der Waals surface area contributed by atoms with E-state index in [1.165, 1.54) is 10.5 Å². The van der Waals surface area contributed by atoms with Gasteiger partial charge in [0.2, 0.25) is 0 Å². The predicted octanol–water partition coefficient (Wildman–Crippen LogP) is 2.46. The fourth-order valence-corrected chi connectivity index (χ4v) is 2.84. The number of quaternary nitrogens is 1. The first kappa shape index (κ1) is 18.4. The summed E-state index contributed by atoms with van der Waals surface area (Å²) in [6.45, 7) is 3.84. The zero-order chi connectivity index (χ0) is 17.4. The minimum absolute atomic E-state index is 0.0115. The number of carbonyl (C=O) groups excluding carboxylic acids is 1. The van der Waals surface area contributed by atoms with E-state index in [-0.39, 0.29) is 5.91 Å². The van der Waals surface area contributed by atoms with Gasteiger partial charge in [-0.1, -0.05) is 12.1 Å². The van der Waals surface area contributed by atoms with Crippen LogP contribution in [0.1, 0.15) is 12.5 Å². The van der Waals surface area contributed by atoms with Gasteiger partial charge in [0.25, 0.3) is 5.91 Å². The standard InChI is InChI=1S/C19H24N2O2S/c1-4-23-17-9-7-16(8-10-17)20-19(22)14-21(2)13-15-5-11-18(24-3)12-6-15/h5-12H,4,13-14H2,1-3H3,(H,20,22)/p+1. The van der Waals surface area contributed by atoms with Gasteiger partial charge in [0.05, 0.1) is 13.7 Å². The highest BCUT2D eigenvalue weighted by Crippen LogP contribution is 2.15. The van der Waals surface area contributed by atoms with Gasteiger partial charge in [0.1, 0.15) is 12.3 Å². The normalized spacial score (nSPS) is 11.8. The smallest absolute Gasteiger partial charge is 0.279 e. The van der Waals surface area contributed by atoms with Crippen molar-refractivity contribution >= 4 is 23.4 Å². The molecule has 4 nitrogen and oxygen atoms in total. The van der Waals surface area contributed by atoms with Crippen LogP contribution < -0.4 is 15.0 Å². The number of amides is 1.